The first kappa shape index (κ1) is 12.6. The van der Waals surface area contributed by atoms with E-state index in [1.807, 2.05) is 5.38 Å². The summed E-state index contributed by atoms with van der Waals surface area (Å²) in [5.74, 6) is 0.229. The Hall–Kier alpha value is -1.81. The Morgan fingerprint density at radius 3 is 2.61 bits per heavy atom. The number of carbonyl (C=O) groups is 1. The molecule has 94 valence electrons. The number of rotatable bonds is 5. The van der Waals surface area contributed by atoms with E-state index >= 15 is 0 Å². The maximum atomic E-state index is 11.7. The van der Waals surface area contributed by atoms with E-state index in [0.29, 0.717) is 13.0 Å². The molecule has 0 aliphatic heterocycles. The number of phenolic OH excluding ortho intramolecular Hbond substituents is 1. The van der Waals surface area contributed by atoms with Gasteiger partial charge in [-0.05, 0) is 46.5 Å². The van der Waals surface area contributed by atoms with Gasteiger partial charge in [0.25, 0.3) is 0 Å². The van der Waals surface area contributed by atoms with Gasteiger partial charge in [-0.15, -0.1) is 0 Å². The van der Waals surface area contributed by atoms with Crippen molar-refractivity contribution in [3.05, 3.63) is 52.2 Å². The molecule has 0 radical (unpaired) electrons. The molecule has 0 unspecified atom stereocenters. The fourth-order valence-corrected chi connectivity index (χ4v) is 2.35. The summed E-state index contributed by atoms with van der Waals surface area (Å²) in [5, 5.41) is 16.2. The highest BCUT2D eigenvalue weighted by atomic mass is 32.1. The van der Waals surface area contributed by atoms with Crippen LogP contribution in [0.5, 0.6) is 5.75 Å². The molecule has 0 aliphatic rings. The van der Waals surface area contributed by atoms with Gasteiger partial charge in [0.15, 0.2) is 0 Å². The largest absolute Gasteiger partial charge is 0.508 e. The zero-order valence-corrected chi connectivity index (χ0v) is 10.7. The summed E-state index contributed by atoms with van der Waals surface area (Å²) in [5.41, 5.74) is 2.16. The molecule has 2 rings (SSSR count). The first-order valence-corrected chi connectivity index (χ1v) is 6.74. The van der Waals surface area contributed by atoms with Gasteiger partial charge in [0.2, 0.25) is 5.91 Å². The van der Waals surface area contributed by atoms with Crippen molar-refractivity contribution in [1.29, 1.82) is 0 Å². The summed E-state index contributed by atoms with van der Waals surface area (Å²) in [4.78, 5) is 11.7. The average molecular weight is 261 g/mol. The lowest BCUT2D eigenvalue weighted by atomic mass is 10.1. The van der Waals surface area contributed by atoms with Crippen molar-refractivity contribution in [3.63, 3.8) is 0 Å². The number of amides is 1. The van der Waals surface area contributed by atoms with Crippen LogP contribution < -0.4 is 5.32 Å². The molecular weight excluding hydrogens is 246 g/mol. The molecule has 1 aromatic heterocycles. The van der Waals surface area contributed by atoms with Crippen molar-refractivity contribution < 1.29 is 9.90 Å². The van der Waals surface area contributed by atoms with Crippen LogP contribution in [0.15, 0.2) is 41.1 Å². The highest BCUT2D eigenvalue weighted by Gasteiger charge is 2.03. The number of nitrogens with one attached hydrogen (secondary N) is 1. The first-order valence-electron chi connectivity index (χ1n) is 5.80. The molecule has 4 heteroatoms. The van der Waals surface area contributed by atoms with E-state index in [0.717, 1.165) is 12.0 Å². The van der Waals surface area contributed by atoms with Gasteiger partial charge in [0.05, 0.1) is 6.42 Å². The van der Waals surface area contributed by atoms with Crippen molar-refractivity contribution in [2.45, 2.75) is 12.8 Å². The molecule has 2 N–H and O–H groups in total. The molecule has 18 heavy (non-hydrogen) atoms. The van der Waals surface area contributed by atoms with Crippen molar-refractivity contribution >= 4 is 17.2 Å². The van der Waals surface area contributed by atoms with E-state index in [4.69, 9.17) is 5.11 Å². The maximum Gasteiger partial charge on any atom is 0.224 e. The van der Waals surface area contributed by atoms with Crippen molar-refractivity contribution in [3.8, 4) is 5.75 Å². The third kappa shape index (κ3) is 3.89. The fraction of sp³-hybridized carbons (Fsp3) is 0.214. The van der Waals surface area contributed by atoms with Gasteiger partial charge in [0, 0.05) is 6.54 Å². The van der Waals surface area contributed by atoms with E-state index in [1.54, 1.807) is 35.6 Å². The molecule has 0 spiro atoms. The van der Waals surface area contributed by atoms with Crippen molar-refractivity contribution in [1.82, 2.24) is 5.32 Å². The lowest BCUT2D eigenvalue weighted by Gasteiger charge is -2.04. The quantitative estimate of drug-likeness (QED) is 0.868. The summed E-state index contributed by atoms with van der Waals surface area (Å²) < 4.78 is 0. The Balaban J connectivity index is 1.73. The van der Waals surface area contributed by atoms with Gasteiger partial charge in [-0.25, -0.2) is 0 Å². The summed E-state index contributed by atoms with van der Waals surface area (Å²) >= 11 is 1.67. The highest BCUT2D eigenvalue weighted by molar-refractivity contribution is 7.07. The molecule has 1 heterocycles. The van der Waals surface area contributed by atoms with Crippen LogP contribution in [0.4, 0.5) is 0 Å². The van der Waals surface area contributed by atoms with Gasteiger partial charge in [-0.3, -0.25) is 4.79 Å². The molecule has 0 atom stereocenters. The Kier molecular flexibility index (Phi) is 4.36. The van der Waals surface area contributed by atoms with Gasteiger partial charge in [-0.2, -0.15) is 11.3 Å². The zero-order chi connectivity index (χ0) is 12.8. The number of carbonyl (C=O) groups excluding carboxylic acids is 1. The topological polar surface area (TPSA) is 49.3 Å². The van der Waals surface area contributed by atoms with Crippen LogP contribution in [-0.4, -0.2) is 17.6 Å². The van der Waals surface area contributed by atoms with E-state index in [9.17, 15) is 4.79 Å². The van der Waals surface area contributed by atoms with E-state index in [2.05, 4.69) is 16.8 Å². The molecule has 0 aliphatic carbocycles. The monoisotopic (exact) mass is 261 g/mol. The summed E-state index contributed by atoms with van der Waals surface area (Å²) in [6, 6.07) is 8.76. The Morgan fingerprint density at radius 1 is 1.17 bits per heavy atom. The van der Waals surface area contributed by atoms with Crippen LogP contribution in [0, 0.1) is 0 Å². The van der Waals surface area contributed by atoms with E-state index < -0.39 is 0 Å². The molecular formula is C14H15NO2S. The molecule has 3 nitrogen and oxygen atoms in total. The lowest BCUT2D eigenvalue weighted by Crippen LogP contribution is -2.27. The van der Waals surface area contributed by atoms with Gasteiger partial charge in [-0.1, -0.05) is 12.1 Å². The minimum absolute atomic E-state index is 0.0101. The summed E-state index contributed by atoms with van der Waals surface area (Å²) in [7, 11) is 0. The van der Waals surface area contributed by atoms with Crippen LogP contribution in [0.2, 0.25) is 0 Å². The predicted octanol–water partition coefficient (Wildman–Crippen LogP) is 2.36. The fourth-order valence-electron chi connectivity index (χ4n) is 1.64. The number of aromatic hydroxyl groups is 1. The molecule has 0 fully saturated rings. The van der Waals surface area contributed by atoms with Crippen LogP contribution in [0.25, 0.3) is 0 Å². The van der Waals surface area contributed by atoms with E-state index in [-0.39, 0.29) is 11.7 Å². The molecule has 1 amide bonds. The van der Waals surface area contributed by atoms with Gasteiger partial charge < -0.3 is 10.4 Å². The minimum Gasteiger partial charge on any atom is -0.508 e. The standard InChI is InChI=1S/C14H15NO2S/c16-13-3-1-11(2-4-13)9-14(17)15-7-5-12-6-8-18-10-12/h1-4,6,8,10,16H,5,7,9H2,(H,15,17). The predicted molar refractivity (Wildman–Crippen MR) is 72.8 cm³/mol. The van der Waals surface area contributed by atoms with Gasteiger partial charge in [0.1, 0.15) is 5.75 Å². The Labute approximate surface area is 110 Å². The van der Waals surface area contributed by atoms with Crippen LogP contribution in [0.3, 0.4) is 0 Å². The zero-order valence-electron chi connectivity index (χ0n) is 9.93. The number of hydrogen-bond donors (Lipinski definition) is 2. The number of benzene rings is 1. The second-order valence-corrected chi connectivity index (χ2v) is 4.85. The highest BCUT2D eigenvalue weighted by Crippen LogP contribution is 2.10. The van der Waals surface area contributed by atoms with Gasteiger partial charge >= 0.3 is 0 Å². The minimum atomic E-state index is 0.0101. The molecule has 0 saturated heterocycles. The maximum absolute atomic E-state index is 11.7. The normalized spacial score (nSPS) is 10.2. The number of thiophene rings is 1. The average Bonchev–Trinajstić information content (AvgIpc) is 2.85. The van der Waals surface area contributed by atoms with Crippen LogP contribution in [-0.2, 0) is 17.6 Å². The summed E-state index contributed by atoms with van der Waals surface area (Å²) in [6.45, 7) is 0.660. The van der Waals surface area contributed by atoms with Crippen LogP contribution in [0.1, 0.15) is 11.1 Å². The third-order valence-corrected chi connectivity index (χ3v) is 3.35. The number of hydrogen-bond acceptors (Lipinski definition) is 3. The summed E-state index contributed by atoms with van der Waals surface area (Å²) in [6.07, 6.45) is 1.22. The third-order valence-electron chi connectivity index (χ3n) is 2.62. The SMILES string of the molecule is O=C(Cc1ccc(O)cc1)NCCc1ccsc1. The smallest absolute Gasteiger partial charge is 0.224 e. The lowest BCUT2D eigenvalue weighted by molar-refractivity contribution is -0.120. The second-order valence-electron chi connectivity index (χ2n) is 4.07. The van der Waals surface area contributed by atoms with Crippen molar-refractivity contribution in [2.75, 3.05) is 6.54 Å². The Bertz CT molecular complexity index is 491. The first-order chi connectivity index (χ1) is 8.74. The van der Waals surface area contributed by atoms with Crippen molar-refractivity contribution in [2.24, 2.45) is 0 Å². The van der Waals surface area contributed by atoms with Crippen LogP contribution >= 0.6 is 11.3 Å². The Morgan fingerprint density at radius 2 is 1.94 bits per heavy atom. The number of phenols is 1. The molecule has 0 bridgehead atoms. The molecule has 2 aromatic rings. The second kappa shape index (κ2) is 6.21. The molecule has 0 saturated carbocycles. The van der Waals surface area contributed by atoms with E-state index in [1.165, 1.54) is 5.56 Å². The molecule has 1 aromatic carbocycles.